The van der Waals surface area contributed by atoms with Crippen molar-refractivity contribution < 1.29 is 19.4 Å². The molecule has 0 saturated carbocycles. The second kappa shape index (κ2) is 7.24. The number of rotatable bonds is 5. The average molecular weight is 336 g/mol. The number of nitrogens with zero attached hydrogens (tertiary/aromatic N) is 1. The van der Waals surface area contributed by atoms with Crippen LogP contribution < -0.4 is 9.47 Å². The Kier molecular flexibility index (Phi) is 5.34. The van der Waals surface area contributed by atoms with Crippen molar-refractivity contribution >= 4 is 17.5 Å². The summed E-state index contributed by atoms with van der Waals surface area (Å²) in [6.45, 7) is 0.400. The average Bonchev–Trinajstić information content (AvgIpc) is 2.56. The zero-order valence-corrected chi connectivity index (χ0v) is 13.9. The van der Waals surface area contributed by atoms with E-state index < -0.39 is 0 Å². The van der Waals surface area contributed by atoms with Gasteiger partial charge < -0.3 is 19.5 Å². The quantitative estimate of drug-likeness (QED) is 0.910. The molecule has 0 saturated heterocycles. The van der Waals surface area contributed by atoms with Gasteiger partial charge in [0.05, 0.1) is 19.2 Å². The Labute approximate surface area is 140 Å². The lowest BCUT2D eigenvalue weighted by Crippen LogP contribution is -2.26. The van der Waals surface area contributed by atoms with Gasteiger partial charge in [0, 0.05) is 19.2 Å². The van der Waals surface area contributed by atoms with Crippen LogP contribution in [0.4, 0.5) is 0 Å². The highest BCUT2D eigenvalue weighted by Gasteiger charge is 2.14. The Hall–Kier alpha value is -2.40. The van der Waals surface area contributed by atoms with Crippen LogP contribution in [0.3, 0.4) is 0 Å². The number of aromatic hydroxyl groups is 1. The standard InChI is InChI=1S/C17H18ClNO4/c1-19(17(21)12-5-6-14(20)13(18)9-12)10-11-4-7-15(22-2)16(8-11)23-3/h4-9,20H,10H2,1-3H3. The summed E-state index contributed by atoms with van der Waals surface area (Å²) in [6.07, 6.45) is 0. The number of methoxy groups -OCH3 is 2. The summed E-state index contributed by atoms with van der Waals surface area (Å²) in [4.78, 5) is 14.0. The van der Waals surface area contributed by atoms with Crippen LogP contribution in [0.5, 0.6) is 17.2 Å². The fourth-order valence-corrected chi connectivity index (χ4v) is 2.37. The highest BCUT2D eigenvalue weighted by molar-refractivity contribution is 6.32. The number of amides is 1. The smallest absolute Gasteiger partial charge is 0.253 e. The van der Waals surface area contributed by atoms with Gasteiger partial charge in [-0.1, -0.05) is 17.7 Å². The Morgan fingerprint density at radius 1 is 1.13 bits per heavy atom. The molecule has 0 spiro atoms. The summed E-state index contributed by atoms with van der Waals surface area (Å²) >= 11 is 5.84. The normalized spacial score (nSPS) is 10.3. The lowest BCUT2D eigenvalue weighted by atomic mass is 10.1. The molecular weight excluding hydrogens is 318 g/mol. The fraction of sp³-hybridized carbons (Fsp3) is 0.235. The van der Waals surface area contributed by atoms with Gasteiger partial charge in [-0.05, 0) is 35.9 Å². The monoisotopic (exact) mass is 335 g/mol. The minimum Gasteiger partial charge on any atom is -0.506 e. The molecule has 0 aromatic heterocycles. The van der Waals surface area contributed by atoms with Gasteiger partial charge in [0.15, 0.2) is 11.5 Å². The molecule has 1 amide bonds. The molecule has 1 N–H and O–H groups in total. The van der Waals surface area contributed by atoms with Crippen molar-refractivity contribution in [2.45, 2.75) is 6.54 Å². The van der Waals surface area contributed by atoms with Crippen molar-refractivity contribution in [1.82, 2.24) is 4.90 Å². The highest BCUT2D eigenvalue weighted by Crippen LogP contribution is 2.28. The molecule has 0 aliphatic rings. The zero-order chi connectivity index (χ0) is 17.0. The summed E-state index contributed by atoms with van der Waals surface area (Å²) < 4.78 is 10.5. The molecule has 0 atom stereocenters. The lowest BCUT2D eigenvalue weighted by molar-refractivity contribution is 0.0785. The molecule has 0 heterocycles. The van der Waals surface area contributed by atoms with Crippen LogP contribution in [0, 0.1) is 0 Å². The maximum absolute atomic E-state index is 12.4. The van der Waals surface area contributed by atoms with Gasteiger partial charge in [0.1, 0.15) is 5.75 Å². The number of carbonyl (C=O) groups excluding carboxylic acids is 1. The molecular formula is C17H18ClNO4. The van der Waals surface area contributed by atoms with Crippen LogP contribution in [0.1, 0.15) is 15.9 Å². The zero-order valence-electron chi connectivity index (χ0n) is 13.2. The summed E-state index contributed by atoms with van der Waals surface area (Å²) in [7, 11) is 4.83. The van der Waals surface area contributed by atoms with Crippen LogP contribution in [0.15, 0.2) is 36.4 Å². The fourth-order valence-electron chi connectivity index (χ4n) is 2.18. The molecule has 0 aliphatic heterocycles. The van der Waals surface area contributed by atoms with Gasteiger partial charge in [-0.3, -0.25) is 4.79 Å². The first kappa shape index (κ1) is 17.0. The van der Waals surface area contributed by atoms with Crippen LogP contribution in [-0.2, 0) is 6.54 Å². The van der Waals surface area contributed by atoms with Gasteiger partial charge in [-0.2, -0.15) is 0 Å². The summed E-state index contributed by atoms with van der Waals surface area (Å²) in [5.41, 5.74) is 1.32. The second-order valence-electron chi connectivity index (χ2n) is 5.02. The number of halogens is 1. The maximum atomic E-state index is 12.4. The van der Waals surface area contributed by atoms with Crippen molar-refractivity contribution in [3.8, 4) is 17.2 Å². The Bertz CT molecular complexity index is 718. The van der Waals surface area contributed by atoms with E-state index in [2.05, 4.69) is 0 Å². The van der Waals surface area contributed by atoms with Crippen LogP contribution >= 0.6 is 11.6 Å². The number of hydrogen-bond acceptors (Lipinski definition) is 4. The Morgan fingerprint density at radius 2 is 1.83 bits per heavy atom. The molecule has 6 heteroatoms. The van der Waals surface area contributed by atoms with Crippen molar-refractivity contribution in [1.29, 1.82) is 0 Å². The van der Waals surface area contributed by atoms with Crippen LogP contribution in [0.2, 0.25) is 5.02 Å². The maximum Gasteiger partial charge on any atom is 0.253 e. The second-order valence-corrected chi connectivity index (χ2v) is 5.42. The van der Waals surface area contributed by atoms with Gasteiger partial charge in [-0.25, -0.2) is 0 Å². The van der Waals surface area contributed by atoms with Crippen molar-refractivity contribution in [2.75, 3.05) is 21.3 Å². The van der Waals surface area contributed by atoms with Gasteiger partial charge >= 0.3 is 0 Å². The molecule has 2 aromatic rings. The molecule has 0 unspecified atom stereocenters. The first-order valence-electron chi connectivity index (χ1n) is 6.91. The van der Waals surface area contributed by atoms with E-state index in [4.69, 9.17) is 21.1 Å². The lowest BCUT2D eigenvalue weighted by Gasteiger charge is -2.18. The summed E-state index contributed by atoms with van der Waals surface area (Å²) in [5, 5.41) is 9.57. The summed E-state index contributed by atoms with van der Waals surface area (Å²) in [5.74, 6) is 1.00. The van der Waals surface area contributed by atoms with E-state index in [1.54, 1.807) is 32.2 Å². The Morgan fingerprint density at radius 3 is 2.43 bits per heavy atom. The third-order valence-corrected chi connectivity index (χ3v) is 3.71. The molecule has 0 aliphatic carbocycles. The van der Waals surface area contributed by atoms with E-state index in [-0.39, 0.29) is 16.7 Å². The SMILES string of the molecule is COc1ccc(CN(C)C(=O)c2ccc(O)c(Cl)c2)cc1OC. The van der Waals surface area contributed by atoms with Gasteiger partial charge in [-0.15, -0.1) is 0 Å². The number of ether oxygens (including phenoxy) is 2. The third-order valence-electron chi connectivity index (χ3n) is 3.41. The molecule has 0 fully saturated rings. The largest absolute Gasteiger partial charge is 0.506 e. The van der Waals surface area contributed by atoms with Crippen LogP contribution in [0.25, 0.3) is 0 Å². The molecule has 122 valence electrons. The van der Waals surface area contributed by atoms with E-state index in [1.807, 2.05) is 12.1 Å². The number of phenolic OH excluding ortho intramolecular Hbond substituents is 1. The minimum atomic E-state index is -0.193. The predicted octanol–water partition coefficient (Wildman–Crippen LogP) is 3.34. The van der Waals surface area contributed by atoms with Crippen molar-refractivity contribution in [2.24, 2.45) is 0 Å². The van der Waals surface area contributed by atoms with Gasteiger partial charge in [0.2, 0.25) is 0 Å². The van der Waals surface area contributed by atoms with Crippen molar-refractivity contribution in [3.63, 3.8) is 0 Å². The van der Waals surface area contributed by atoms with E-state index in [0.717, 1.165) is 5.56 Å². The van der Waals surface area contributed by atoms with Crippen molar-refractivity contribution in [3.05, 3.63) is 52.5 Å². The predicted molar refractivity (Wildman–Crippen MR) is 88.5 cm³/mol. The minimum absolute atomic E-state index is 0.0502. The topological polar surface area (TPSA) is 59.0 Å². The molecule has 23 heavy (non-hydrogen) atoms. The molecule has 0 radical (unpaired) electrons. The molecule has 5 nitrogen and oxygen atoms in total. The third kappa shape index (κ3) is 3.87. The first-order chi connectivity index (χ1) is 11.0. The van der Waals surface area contributed by atoms with E-state index in [9.17, 15) is 9.90 Å². The molecule has 2 rings (SSSR count). The first-order valence-corrected chi connectivity index (χ1v) is 7.29. The van der Waals surface area contributed by atoms with E-state index >= 15 is 0 Å². The number of carbonyl (C=O) groups is 1. The number of benzene rings is 2. The number of hydrogen-bond donors (Lipinski definition) is 1. The van der Waals surface area contributed by atoms with Gasteiger partial charge in [0.25, 0.3) is 5.91 Å². The summed E-state index contributed by atoms with van der Waals surface area (Å²) in [6, 6.07) is 9.88. The van der Waals surface area contributed by atoms with E-state index in [0.29, 0.717) is 23.6 Å². The number of phenols is 1. The van der Waals surface area contributed by atoms with Crippen LogP contribution in [-0.4, -0.2) is 37.2 Å². The molecule has 0 bridgehead atoms. The Balaban J connectivity index is 2.16. The van der Waals surface area contributed by atoms with E-state index in [1.165, 1.54) is 18.2 Å². The molecule has 2 aromatic carbocycles. The highest BCUT2D eigenvalue weighted by atomic mass is 35.5.